The molecule has 5 rings (SSSR count). The first-order valence-corrected chi connectivity index (χ1v) is 13.1. The lowest BCUT2D eigenvalue weighted by atomic mass is 9.76. The van der Waals surface area contributed by atoms with E-state index in [0.717, 1.165) is 69.7 Å². The molecule has 3 aliphatic rings. The topological polar surface area (TPSA) is 97.3 Å². The Balaban J connectivity index is 1.33. The average molecular weight is 480 g/mol. The lowest BCUT2D eigenvalue weighted by Gasteiger charge is -2.33. The summed E-state index contributed by atoms with van der Waals surface area (Å²) in [6, 6.07) is 7.29. The van der Waals surface area contributed by atoms with E-state index < -0.39 is 6.04 Å². The lowest BCUT2D eigenvalue weighted by Crippen LogP contribution is -2.49. The van der Waals surface area contributed by atoms with Crippen molar-refractivity contribution < 1.29 is 14.3 Å². The molecular formula is C27H37N5O3. The molecule has 1 aliphatic carbocycles. The minimum absolute atomic E-state index is 0.117. The summed E-state index contributed by atoms with van der Waals surface area (Å²) in [5.41, 5.74) is 3.78. The van der Waals surface area contributed by atoms with Gasteiger partial charge in [-0.1, -0.05) is 25.8 Å². The largest absolute Gasteiger partial charge is 0.384 e. The van der Waals surface area contributed by atoms with Gasteiger partial charge in [0.1, 0.15) is 11.7 Å². The van der Waals surface area contributed by atoms with Gasteiger partial charge in [-0.2, -0.15) is 5.10 Å². The maximum absolute atomic E-state index is 13.6. The SMILES string of the molecule is CCn1nccc1C(=O)NC(C(=O)Nc1ccc2c(c1)NCC21CCOCC1)C1CCC(C)CC1. The number of nitrogens with zero attached hydrogens (tertiary/aromatic N) is 2. The normalized spacial score (nSPS) is 23.8. The van der Waals surface area contributed by atoms with Gasteiger partial charge < -0.3 is 20.7 Å². The fraction of sp³-hybridized carbons (Fsp3) is 0.593. The summed E-state index contributed by atoms with van der Waals surface area (Å²) in [6.07, 6.45) is 7.67. The van der Waals surface area contributed by atoms with Crippen LogP contribution in [0.25, 0.3) is 0 Å². The van der Waals surface area contributed by atoms with Crippen LogP contribution >= 0.6 is 0 Å². The quantitative estimate of drug-likeness (QED) is 0.583. The third kappa shape index (κ3) is 4.81. The van der Waals surface area contributed by atoms with Crippen LogP contribution in [0.1, 0.15) is 68.4 Å². The minimum atomic E-state index is -0.585. The van der Waals surface area contributed by atoms with Crippen LogP contribution in [-0.2, 0) is 21.5 Å². The second-order valence-corrected chi connectivity index (χ2v) is 10.5. The second-order valence-electron chi connectivity index (χ2n) is 10.5. The molecule has 8 nitrogen and oxygen atoms in total. The maximum atomic E-state index is 13.6. The van der Waals surface area contributed by atoms with Crippen LogP contribution in [0.3, 0.4) is 0 Å². The molecule has 2 aliphatic heterocycles. The Morgan fingerprint density at radius 3 is 2.71 bits per heavy atom. The molecular weight excluding hydrogens is 442 g/mol. The first-order valence-electron chi connectivity index (χ1n) is 13.1. The van der Waals surface area contributed by atoms with Gasteiger partial charge in [0.25, 0.3) is 5.91 Å². The molecule has 0 radical (unpaired) electrons. The van der Waals surface area contributed by atoms with Gasteiger partial charge in [0.15, 0.2) is 0 Å². The van der Waals surface area contributed by atoms with Crippen LogP contribution in [-0.4, -0.2) is 47.4 Å². The van der Waals surface area contributed by atoms with E-state index in [1.54, 1.807) is 16.9 Å². The summed E-state index contributed by atoms with van der Waals surface area (Å²) < 4.78 is 7.24. The van der Waals surface area contributed by atoms with Crippen LogP contribution in [0.5, 0.6) is 0 Å². The van der Waals surface area contributed by atoms with Gasteiger partial charge in [-0.25, -0.2) is 0 Å². The standard InChI is InChI=1S/C27H37N5O3/c1-3-32-23(10-13-29-32)25(33)31-24(19-6-4-18(2)5-7-19)26(34)30-20-8-9-21-22(16-20)28-17-27(21)11-14-35-15-12-27/h8-10,13,16,18-19,24,28H,3-7,11-12,14-15,17H2,1-2H3,(H,30,34)(H,31,33). The van der Waals surface area contributed by atoms with Crippen LogP contribution < -0.4 is 16.0 Å². The Morgan fingerprint density at radius 1 is 1.20 bits per heavy atom. The van der Waals surface area contributed by atoms with E-state index in [1.165, 1.54) is 5.56 Å². The average Bonchev–Trinajstić information content (AvgIpc) is 3.49. The number of aromatic nitrogens is 2. The molecule has 8 heteroatoms. The molecule has 0 bridgehead atoms. The molecule has 3 N–H and O–H groups in total. The zero-order valence-electron chi connectivity index (χ0n) is 20.8. The van der Waals surface area contributed by atoms with Crippen molar-refractivity contribution in [1.82, 2.24) is 15.1 Å². The van der Waals surface area contributed by atoms with Gasteiger partial charge in [-0.3, -0.25) is 14.3 Å². The Morgan fingerprint density at radius 2 is 1.97 bits per heavy atom. The molecule has 1 unspecified atom stereocenters. The van der Waals surface area contributed by atoms with E-state index in [4.69, 9.17) is 4.74 Å². The number of rotatable bonds is 6. The van der Waals surface area contributed by atoms with Crippen LogP contribution in [0.4, 0.5) is 11.4 Å². The highest BCUT2D eigenvalue weighted by Gasteiger charge is 2.40. The molecule has 188 valence electrons. The monoisotopic (exact) mass is 479 g/mol. The summed E-state index contributed by atoms with van der Waals surface area (Å²) in [6.45, 7) is 7.29. The predicted molar refractivity (Wildman–Crippen MR) is 136 cm³/mol. The van der Waals surface area contributed by atoms with Gasteiger partial charge >= 0.3 is 0 Å². The molecule has 3 heterocycles. The molecule has 2 aromatic rings. The molecule has 1 aromatic carbocycles. The van der Waals surface area contributed by atoms with Crippen LogP contribution in [0.2, 0.25) is 0 Å². The molecule has 1 atom stereocenters. The molecule has 2 amide bonds. The highest BCUT2D eigenvalue weighted by molar-refractivity contribution is 6.01. The number of benzene rings is 1. The predicted octanol–water partition coefficient (Wildman–Crippen LogP) is 3.94. The number of nitrogens with one attached hydrogen (secondary N) is 3. The number of hydrogen-bond acceptors (Lipinski definition) is 5. The number of hydrogen-bond donors (Lipinski definition) is 3. The number of fused-ring (bicyclic) bond motifs is 2. The molecule has 35 heavy (non-hydrogen) atoms. The summed E-state index contributed by atoms with van der Waals surface area (Å²) in [5.74, 6) is 0.373. The Kier molecular flexibility index (Phi) is 6.82. The number of carbonyl (C=O) groups is 2. The van der Waals surface area contributed by atoms with Gasteiger partial charge in [0, 0.05) is 49.3 Å². The highest BCUT2D eigenvalue weighted by atomic mass is 16.5. The van der Waals surface area contributed by atoms with E-state index >= 15 is 0 Å². The van der Waals surface area contributed by atoms with Crippen molar-refractivity contribution in [3.63, 3.8) is 0 Å². The van der Waals surface area contributed by atoms with E-state index in [-0.39, 0.29) is 23.1 Å². The van der Waals surface area contributed by atoms with E-state index in [9.17, 15) is 9.59 Å². The van der Waals surface area contributed by atoms with Crippen molar-refractivity contribution in [2.75, 3.05) is 30.4 Å². The molecule has 1 aromatic heterocycles. The van der Waals surface area contributed by atoms with E-state index in [1.807, 2.05) is 19.1 Å². The van der Waals surface area contributed by atoms with E-state index in [0.29, 0.717) is 18.2 Å². The van der Waals surface area contributed by atoms with Gasteiger partial charge in [-0.15, -0.1) is 0 Å². The fourth-order valence-electron chi connectivity index (χ4n) is 6.03. The zero-order chi connectivity index (χ0) is 24.4. The van der Waals surface area contributed by atoms with Crippen molar-refractivity contribution >= 4 is 23.2 Å². The summed E-state index contributed by atoms with van der Waals surface area (Å²) in [7, 11) is 0. The summed E-state index contributed by atoms with van der Waals surface area (Å²) >= 11 is 0. The van der Waals surface area contributed by atoms with Crippen molar-refractivity contribution in [2.24, 2.45) is 11.8 Å². The molecule has 1 spiro atoms. The summed E-state index contributed by atoms with van der Waals surface area (Å²) in [5, 5.41) is 13.9. The summed E-state index contributed by atoms with van der Waals surface area (Å²) in [4.78, 5) is 26.7. The first-order chi connectivity index (χ1) is 17.0. The third-order valence-electron chi connectivity index (χ3n) is 8.28. The van der Waals surface area contributed by atoms with Crippen molar-refractivity contribution in [2.45, 2.75) is 70.4 Å². The number of anilines is 2. The number of aryl methyl sites for hydroxylation is 1. The maximum Gasteiger partial charge on any atom is 0.270 e. The highest BCUT2D eigenvalue weighted by Crippen LogP contribution is 2.44. The van der Waals surface area contributed by atoms with Gasteiger partial charge in [-0.05, 0) is 68.2 Å². The Labute approximate surface area is 207 Å². The molecule has 2 fully saturated rings. The number of amides is 2. The van der Waals surface area contributed by atoms with Crippen molar-refractivity contribution in [3.05, 3.63) is 41.7 Å². The van der Waals surface area contributed by atoms with Gasteiger partial charge in [0.2, 0.25) is 5.91 Å². The van der Waals surface area contributed by atoms with Crippen LogP contribution in [0.15, 0.2) is 30.5 Å². The number of ether oxygens (including phenoxy) is 1. The minimum Gasteiger partial charge on any atom is -0.384 e. The van der Waals surface area contributed by atoms with Crippen molar-refractivity contribution in [3.8, 4) is 0 Å². The first kappa shape index (κ1) is 23.9. The Hall–Kier alpha value is -2.87. The third-order valence-corrected chi connectivity index (χ3v) is 8.28. The zero-order valence-corrected chi connectivity index (χ0v) is 20.8. The van der Waals surface area contributed by atoms with Crippen molar-refractivity contribution in [1.29, 1.82) is 0 Å². The number of carbonyl (C=O) groups excluding carboxylic acids is 2. The smallest absolute Gasteiger partial charge is 0.270 e. The second kappa shape index (κ2) is 10.0. The molecule has 1 saturated heterocycles. The Bertz CT molecular complexity index is 1070. The van der Waals surface area contributed by atoms with E-state index in [2.05, 4.69) is 34.0 Å². The van der Waals surface area contributed by atoms with Gasteiger partial charge in [0.05, 0.1) is 0 Å². The molecule has 1 saturated carbocycles. The lowest BCUT2D eigenvalue weighted by molar-refractivity contribution is -0.119. The van der Waals surface area contributed by atoms with Crippen LogP contribution in [0, 0.1) is 11.8 Å². The fourth-order valence-corrected chi connectivity index (χ4v) is 6.03.